The van der Waals surface area contributed by atoms with Crippen LogP contribution in [-0.4, -0.2) is 40.8 Å². The van der Waals surface area contributed by atoms with Crippen LogP contribution in [0, 0.1) is 0 Å². The van der Waals surface area contributed by atoms with Crippen molar-refractivity contribution in [2.45, 2.75) is 13.1 Å². The number of carboxylic acids is 1. The molecule has 0 unspecified atom stereocenters. The third-order valence-corrected chi connectivity index (χ3v) is 2.33. The summed E-state index contributed by atoms with van der Waals surface area (Å²) in [4.78, 5) is 14.9. The molecule has 2 heterocycles. The first kappa shape index (κ1) is 11.2. The number of hydrogen-bond acceptors (Lipinski definition) is 6. The van der Waals surface area contributed by atoms with E-state index in [0.717, 1.165) is 0 Å². The largest absolute Gasteiger partial charge is 0.476 e. The first-order chi connectivity index (χ1) is 8.13. The summed E-state index contributed by atoms with van der Waals surface area (Å²) in [6.45, 7) is 0.329. The van der Waals surface area contributed by atoms with E-state index in [4.69, 9.17) is 10.8 Å². The van der Waals surface area contributed by atoms with Gasteiger partial charge in [-0.15, -0.1) is 5.10 Å². The molecule has 2 rings (SSSR count). The fourth-order valence-corrected chi connectivity index (χ4v) is 1.43. The molecule has 0 saturated carbocycles. The molecule has 3 N–H and O–H groups in total. The molecule has 0 fully saturated rings. The average Bonchev–Trinajstić information content (AvgIpc) is 2.86. The number of aryl methyl sites for hydroxylation is 1. The molecule has 0 bridgehead atoms. The molecule has 2 aromatic rings. The first-order valence-corrected chi connectivity index (χ1v) is 4.82. The lowest BCUT2D eigenvalue weighted by atomic mass is 10.3. The fraction of sp³-hybridized carbons (Fsp3) is 0.375. The highest BCUT2D eigenvalue weighted by Gasteiger charge is 2.18. The zero-order valence-corrected chi connectivity index (χ0v) is 9.11. The Morgan fingerprint density at radius 3 is 2.88 bits per heavy atom. The van der Waals surface area contributed by atoms with E-state index in [1.807, 2.05) is 0 Å². The van der Waals surface area contributed by atoms with Gasteiger partial charge in [-0.1, -0.05) is 5.21 Å². The van der Waals surface area contributed by atoms with Crippen LogP contribution in [-0.2, 0) is 20.1 Å². The van der Waals surface area contributed by atoms with E-state index in [9.17, 15) is 4.79 Å². The van der Waals surface area contributed by atoms with E-state index in [-0.39, 0.29) is 18.8 Å². The molecule has 9 nitrogen and oxygen atoms in total. The lowest BCUT2D eigenvalue weighted by Gasteiger charge is -2.04. The van der Waals surface area contributed by atoms with Crippen molar-refractivity contribution in [3.05, 3.63) is 23.5 Å². The summed E-state index contributed by atoms with van der Waals surface area (Å²) in [6, 6.07) is 0. The SMILES string of the molecule is Cn1ncnc1Cn1nnc(C(=O)O)c1CN. The van der Waals surface area contributed by atoms with Crippen molar-refractivity contribution in [2.75, 3.05) is 0 Å². The Kier molecular flexibility index (Phi) is 2.83. The Bertz CT molecular complexity index is 544. The van der Waals surface area contributed by atoms with Crippen molar-refractivity contribution < 1.29 is 9.90 Å². The minimum absolute atomic E-state index is 0.0481. The smallest absolute Gasteiger partial charge is 0.358 e. The number of hydrogen-bond donors (Lipinski definition) is 2. The van der Waals surface area contributed by atoms with Crippen molar-refractivity contribution in [2.24, 2.45) is 12.8 Å². The van der Waals surface area contributed by atoms with Crippen LogP contribution in [0.15, 0.2) is 6.33 Å². The second kappa shape index (κ2) is 4.29. The van der Waals surface area contributed by atoms with Gasteiger partial charge in [0.05, 0.1) is 5.69 Å². The van der Waals surface area contributed by atoms with Crippen molar-refractivity contribution in [3.63, 3.8) is 0 Å². The maximum atomic E-state index is 10.9. The van der Waals surface area contributed by atoms with Crippen molar-refractivity contribution >= 4 is 5.97 Å². The van der Waals surface area contributed by atoms with Crippen molar-refractivity contribution in [1.82, 2.24) is 29.8 Å². The molecule has 0 radical (unpaired) electrons. The quantitative estimate of drug-likeness (QED) is 0.670. The maximum absolute atomic E-state index is 10.9. The molecule has 0 aliphatic rings. The fourth-order valence-electron chi connectivity index (χ4n) is 1.43. The highest BCUT2D eigenvalue weighted by atomic mass is 16.4. The molecule has 0 aliphatic heterocycles. The zero-order chi connectivity index (χ0) is 12.4. The predicted octanol–water partition coefficient (Wildman–Crippen LogP) is -1.39. The third-order valence-electron chi connectivity index (χ3n) is 2.33. The number of nitrogens with two attached hydrogens (primary N) is 1. The molecule has 9 heteroatoms. The lowest BCUT2D eigenvalue weighted by Crippen LogP contribution is -2.15. The molecule has 0 spiro atoms. The van der Waals surface area contributed by atoms with Crippen LogP contribution >= 0.6 is 0 Å². The highest BCUT2D eigenvalue weighted by Crippen LogP contribution is 2.06. The van der Waals surface area contributed by atoms with E-state index in [2.05, 4.69) is 20.4 Å². The third kappa shape index (κ3) is 1.99. The maximum Gasteiger partial charge on any atom is 0.358 e. The van der Waals surface area contributed by atoms with Crippen LogP contribution in [0.2, 0.25) is 0 Å². The summed E-state index contributed by atoms with van der Waals surface area (Å²) in [6.07, 6.45) is 1.41. The Morgan fingerprint density at radius 2 is 2.35 bits per heavy atom. The van der Waals surface area contributed by atoms with Gasteiger partial charge in [-0.05, 0) is 0 Å². The molecular weight excluding hydrogens is 226 g/mol. The standard InChI is InChI=1S/C8H11N7O2/c1-14-6(10-4-11-14)3-15-5(2-9)7(8(16)17)12-13-15/h4H,2-3,9H2,1H3,(H,16,17). The summed E-state index contributed by atoms with van der Waals surface area (Å²) < 4.78 is 2.98. The second-order valence-corrected chi connectivity index (χ2v) is 3.35. The minimum atomic E-state index is -1.14. The topological polar surface area (TPSA) is 125 Å². The number of rotatable bonds is 4. The number of aromatic nitrogens is 6. The number of carboxylic acid groups (broad SMARTS) is 1. The lowest BCUT2D eigenvalue weighted by molar-refractivity contribution is 0.0689. The number of aromatic carboxylic acids is 1. The molecule has 90 valence electrons. The average molecular weight is 237 g/mol. The van der Waals surface area contributed by atoms with E-state index in [0.29, 0.717) is 11.5 Å². The van der Waals surface area contributed by atoms with Crippen LogP contribution in [0.1, 0.15) is 22.0 Å². The van der Waals surface area contributed by atoms with Gasteiger partial charge in [-0.25, -0.2) is 14.5 Å². The molecule has 0 saturated heterocycles. The van der Waals surface area contributed by atoms with Crippen molar-refractivity contribution in [3.8, 4) is 0 Å². The van der Waals surface area contributed by atoms with Crippen molar-refractivity contribution in [1.29, 1.82) is 0 Å². The predicted molar refractivity (Wildman–Crippen MR) is 55.0 cm³/mol. The minimum Gasteiger partial charge on any atom is -0.476 e. The Morgan fingerprint density at radius 1 is 1.59 bits per heavy atom. The van der Waals surface area contributed by atoms with E-state index >= 15 is 0 Å². The van der Waals surface area contributed by atoms with Crippen LogP contribution in [0.3, 0.4) is 0 Å². The van der Waals surface area contributed by atoms with Gasteiger partial charge in [-0.3, -0.25) is 4.68 Å². The summed E-state index contributed by atoms with van der Waals surface area (Å²) in [5.41, 5.74) is 5.73. The van der Waals surface area contributed by atoms with Gasteiger partial charge in [0.15, 0.2) is 5.69 Å². The molecule has 0 aliphatic carbocycles. The Hall–Kier alpha value is -2.29. The second-order valence-electron chi connectivity index (χ2n) is 3.35. The van der Waals surface area contributed by atoms with E-state index in [1.54, 1.807) is 11.7 Å². The van der Waals surface area contributed by atoms with E-state index < -0.39 is 5.97 Å². The Labute approximate surface area is 95.9 Å². The molecular formula is C8H11N7O2. The van der Waals surface area contributed by atoms with Crippen LogP contribution < -0.4 is 5.73 Å². The van der Waals surface area contributed by atoms with Crippen LogP contribution in [0.4, 0.5) is 0 Å². The van der Waals surface area contributed by atoms with Gasteiger partial charge >= 0.3 is 5.97 Å². The van der Waals surface area contributed by atoms with Gasteiger partial charge in [-0.2, -0.15) is 5.10 Å². The van der Waals surface area contributed by atoms with Gasteiger partial charge in [0.25, 0.3) is 0 Å². The molecule has 2 aromatic heterocycles. The summed E-state index contributed by atoms with van der Waals surface area (Å²) >= 11 is 0. The molecule has 0 atom stereocenters. The summed E-state index contributed by atoms with van der Waals surface area (Å²) in [5, 5.41) is 20.1. The normalized spacial score (nSPS) is 10.7. The van der Waals surface area contributed by atoms with E-state index in [1.165, 1.54) is 11.0 Å². The molecule has 0 amide bonds. The van der Waals surface area contributed by atoms with Gasteiger partial charge in [0.1, 0.15) is 18.7 Å². The molecule has 17 heavy (non-hydrogen) atoms. The Balaban J connectivity index is 2.34. The highest BCUT2D eigenvalue weighted by molar-refractivity contribution is 5.86. The summed E-state index contributed by atoms with van der Waals surface area (Å²) in [5.74, 6) is -0.504. The van der Waals surface area contributed by atoms with Gasteiger partial charge < -0.3 is 10.8 Å². The first-order valence-electron chi connectivity index (χ1n) is 4.82. The van der Waals surface area contributed by atoms with Gasteiger partial charge in [0, 0.05) is 13.6 Å². The number of carbonyl (C=O) groups is 1. The zero-order valence-electron chi connectivity index (χ0n) is 9.11. The van der Waals surface area contributed by atoms with Crippen LogP contribution in [0.25, 0.3) is 0 Å². The van der Waals surface area contributed by atoms with Gasteiger partial charge in [0.2, 0.25) is 0 Å². The number of nitrogens with zero attached hydrogens (tertiary/aromatic N) is 6. The monoisotopic (exact) mass is 237 g/mol. The van der Waals surface area contributed by atoms with Crippen LogP contribution in [0.5, 0.6) is 0 Å². The molecule has 0 aromatic carbocycles. The summed E-state index contributed by atoms with van der Waals surface area (Å²) in [7, 11) is 1.74.